The molecule has 130 valence electrons. The summed E-state index contributed by atoms with van der Waals surface area (Å²) in [5.74, 6) is 0. The van der Waals surface area contributed by atoms with Gasteiger partial charge in [-0.15, -0.1) is 0 Å². The number of nitro groups is 1. The molecule has 2 aromatic carbocycles. The summed E-state index contributed by atoms with van der Waals surface area (Å²) < 4.78 is 0. The van der Waals surface area contributed by atoms with E-state index in [2.05, 4.69) is 22.5 Å². The van der Waals surface area contributed by atoms with E-state index in [0.717, 1.165) is 42.5 Å². The molecule has 0 fully saturated rings. The zero-order valence-corrected chi connectivity index (χ0v) is 14.3. The number of nitrogens with one attached hydrogen (secondary N) is 2. The van der Waals surface area contributed by atoms with Crippen molar-refractivity contribution in [3.63, 3.8) is 0 Å². The van der Waals surface area contributed by atoms with E-state index < -0.39 is 0 Å². The first-order valence-electron chi connectivity index (χ1n) is 8.63. The molecule has 3 rings (SSSR count). The van der Waals surface area contributed by atoms with Crippen molar-refractivity contribution in [2.75, 3.05) is 25.0 Å². The van der Waals surface area contributed by atoms with Crippen LogP contribution in [0.15, 0.2) is 42.5 Å². The van der Waals surface area contributed by atoms with Crippen molar-refractivity contribution in [1.29, 1.82) is 0 Å². The number of anilines is 1. The second-order valence-electron chi connectivity index (χ2n) is 5.96. The molecule has 0 unspecified atom stereocenters. The van der Waals surface area contributed by atoms with Gasteiger partial charge < -0.3 is 10.6 Å². The van der Waals surface area contributed by atoms with Crippen LogP contribution in [0.25, 0.3) is 21.8 Å². The average molecular weight is 338 g/mol. The molecule has 2 N–H and O–H groups in total. The van der Waals surface area contributed by atoms with E-state index in [1.54, 1.807) is 6.07 Å². The van der Waals surface area contributed by atoms with Crippen LogP contribution in [-0.2, 0) is 0 Å². The third kappa shape index (κ3) is 3.69. The van der Waals surface area contributed by atoms with Gasteiger partial charge >= 0.3 is 0 Å². The maximum absolute atomic E-state index is 11.5. The second kappa shape index (κ2) is 7.90. The molecule has 0 atom stereocenters. The zero-order valence-electron chi connectivity index (χ0n) is 14.3. The van der Waals surface area contributed by atoms with E-state index in [9.17, 15) is 10.1 Å². The summed E-state index contributed by atoms with van der Waals surface area (Å²) in [6, 6.07) is 12.8. The number of hydrogen-bond acceptors (Lipinski definition) is 5. The van der Waals surface area contributed by atoms with Crippen LogP contribution in [0.4, 0.5) is 11.4 Å². The molecule has 6 nitrogen and oxygen atoms in total. The standard InChI is InChI=1S/C19H22N4O2/c1-2-3-11-20-12-13-21-19-14-7-4-5-8-15(14)22-16-9-6-10-17(18(16)19)23(24)25/h4-10,20H,2-3,11-13H2,1H3,(H,21,22). The Morgan fingerprint density at radius 2 is 1.84 bits per heavy atom. The van der Waals surface area contributed by atoms with Crippen LogP contribution < -0.4 is 10.6 Å². The highest BCUT2D eigenvalue weighted by Gasteiger charge is 2.18. The molecule has 0 radical (unpaired) electrons. The Morgan fingerprint density at radius 3 is 2.64 bits per heavy atom. The summed E-state index contributed by atoms with van der Waals surface area (Å²) in [5, 5.41) is 19.7. The maximum atomic E-state index is 11.5. The Bertz CT molecular complexity index is 895. The number of nitrogens with zero attached hydrogens (tertiary/aromatic N) is 2. The van der Waals surface area contributed by atoms with E-state index in [1.807, 2.05) is 30.3 Å². The van der Waals surface area contributed by atoms with Gasteiger partial charge in [0.15, 0.2) is 0 Å². The summed E-state index contributed by atoms with van der Waals surface area (Å²) in [7, 11) is 0. The molecule has 0 saturated heterocycles. The smallest absolute Gasteiger partial charge is 0.280 e. The predicted molar refractivity (Wildman–Crippen MR) is 102 cm³/mol. The number of hydrogen-bond donors (Lipinski definition) is 2. The molecular weight excluding hydrogens is 316 g/mol. The summed E-state index contributed by atoms with van der Waals surface area (Å²) in [5.41, 5.74) is 2.33. The van der Waals surface area contributed by atoms with Crippen molar-refractivity contribution < 1.29 is 4.92 Å². The number of benzene rings is 2. The Labute approximate surface area is 146 Å². The quantitative estimate of drug-likeness (QED) is 0.280. The highest BCUT2D eigenvalue weighted by molar-refractivity contribution is 6.11. The zero-order chi connectivity index (χ0) is 17.6. The normalized spacial score (nSPS) is 11.1. The average Bonchev–Trinajstić information content (AvgIpc) is 2.63. The first-order valence-corrected chi connectivity index (χ1v) is 8.63. The van der Waals surface area contributed by atoms with Crippen molar-refractivity contribution in [3.05, 3.63) is 52.6 Å². The van der Waals surface area contributed by atoms with Gasteiger partial charge in [-0.25, -0.2) is 4.98 Å². The molecule has 0 spiro atoms. The lowest BCUT2D eigenvalue weighted by atomic mass is 10.1. The molecule has 0 aliphatic rings. The van der Waals surface area contributed by atoms with Crippen LogP contribution in [-0.4, -0.2) is 29.5 Å². The van der Waals surface area contributed by atoms with Crippen molar-refractivity contribution in [2.24, 2.45) is 0 Å². The number of pyridine rings is 1. The maximum Gasteiger partial charge on any atom is 0.280 e. The predicted octanol–water partition coefficient (Wildman–Crippen LogP) is 4.10. The van der Waals surface area contributed by atoms with Gasteiger partial charge in [0.2, 0.25) is 0 Å². The first kappa shape index (κ1) is 17.1. The van der Waals surface area contributed by atoms with Gasteiger partial charge in [-0.05, 0) is 25.1 Å². The van der Waals surface area contributed by atoms with Gasteiger partial charge in [0.25, 0.3) is 5.69 Å². The molecule has 1 aromatic heterocycles. The lowest BCUT2D eigenvalue weighted by Crippen LogP contribution is -2.23. The lowest BCUT2D eigenvalue weighted by molar-refractivity contribution is -0.383. The number of aromatic nitrogens is 1. The number of para-hydroxylation sites is 1. The van der Waals surface area contributed by atoms with E-state index in [1.165, 1.54) is 6.07 Å². The lowest BCUT2D eigenvalue weighted by Gasteiger charge is -2.13. The Kier molecular flexibility index (Phi) is 5.40. The Balaban J connectivity index is 2.00. The molecule has 0 amide bonds. The van der Waals surface area contributed by atoms with Crippen LogP contribution in [0.2, 0.25) is 0 Å². The third-order valence-corrected chi connectivity index (χ3v) is 4.19. The summed E-state index contributed by atoms with van der Waals surface area (Å²) in [6.45, 7) is 4.64. The summed E-state index contributed by atoms with van der Waals surface area (Å²) in [4.78, 5) is 15.7. The van der Waals surface area contributed by atoms with Gasteiger partial charge in [-0.1, -0.05) is 37.6 Å². The van der Waals surface area contributed by atoms with Crippen LogP contribution in [0.3, 0.4) is 0 Å². The molecule has 0 saturated carbocycles. The topological polar surface area (TPSA) is 80.1 Å². The number of fused-ring (bicyclic) bond motifs is 2. The minimum atomic E-state index is -0.344. The third-order valence-electron chi connectivity index (χ3n) is 4.19. The number of non-ortho nitro benzene ring substituents is 1. The summed E-state index contributed by atoms with van der Waals surface area (Å²) in [6.07, 6.45) is 2.30. The number of nitro benzene ring substituents is 1. The van der Waals surface area contributed by atoms with Gasteiger partial charge in [0, 0.05) is 24.5 Å². The highest BCUT2D eigenvalue weighted by atomic mass is 16.6. The van der Waals surface area contributed by atoms with Crippen LogP contribution in [0.5, 0.6) is 0 Å². The highest BCUT2D eigenvalue weighted by Crippen LogP contribution is 2.36. The van der Waals surface area contributed by atoms with Crippen molar-refractivity contribution >= 4 is 33.2 Å². The molecule has 0 bridgehead atoms. The molecule has 3 aromatic rings. The molecule has 6 heteroatoms. The largest absolute Gasteiger partial charge is 0.382 e. The van der Waals surface area contributed by atoms with Crippen molar-refractivity contribution in [1.82, 2.24) is 10.3 Å². The van der Waals surface area contributed by atoms with Gasteiger partial charge in [-0.2, -0.15) is 0 Å². The minimum absolute atomic E-state index is 0.0807. The second-order valence-corrected chi connectivity index (χ2v) is 5.96. The van der Waals surface area contributed by atoms with Crippen molar-refractivity contribution in [3.8, 4) is 0 Å². The van der Waals surface area contributed by atoms with Crippen LogP contribution in [0.1, 0.15) is 19.8 Å². The number of unbranched alkanes of at least 4 members (excludes halogenated alkanes) is 1. The van der Waals surface area contributed by atoms with Gasteiger partial charge in [0.05, 0.1) is 21.6 Å². The van der Waals surface area contributed by atoms with Crippen LogP contribution in [0, 0.1) is 10.1 Å². The van der Waals surface area contributed by atoms with Gasteiger partial charge in [0.1, 0.15) is 5.39 Å². The van der Waals surface area contributed by atoms with E-state index in [4.69, 9.17) is 0 Å². The fourth-order valence-electron chi connectivity index (χ4n) is 2.96. The van der Waals surface area contributed by atoms with Gasteiger partial charge in [-0.3, -0.25) is 10.1 Å². The molecule has 0 aliphatic carbocycles. The molecule has 25 heavy (non-hydrogen) atoms. The molecule has 1 heterocycles. The Hall–Kier alpha value is -2.73. The van der Waals surface area contributed by atoms with E-state index in [0.29, 0.717) is 17.4 Å². The SMILES string of the molecule is CCCCNCCNc1c2ccccc2nc2cccc([N+](=O)[O-])c12. The number of rotatable bonds is 8. The fraction of sp³-hybridized carbons (Fsp3) is 0.316. The van der Waals surface area contributed by atoms with Crippen LogP contribution >= 0.6 is 0 Å². The monoisotopic (exact) mass is 338 g/mol. The molecule has 0 aliphatic heterocycles. The molecular formula is C19H22N4O2. The van der Waals surface area contributed by atoms with E-state index in [-0.39, 0.29) is 10.6 Å². The van der Waals surface area contributed by atoms with Crippen molar-refractivity contribution in [2.45, 2.75) is 19.8 Å². The Morgan fingerprint density at radius 1 is 1.04 bits per heavy atom. The van der Waals surface area contributed by atoms with E-state index >= 15 is 0 Å². The minimum Gasteiger partial charge on any atom is -0.382 e. The first-order chi connectivity index (χ1) is 12.2. The summed E-state index contributed by atoms with van der Waals surface area (Å²) >= 11 is 0. The fourth-order valence-corrected chi connectivity index (χ4v) is 2.96.